The number of carbonyl (C=O) groups excluding carboxylic acids is 2. The molecule has 0 aliphatic rings. The number of hydrogen-bond acceptors (Lipinski definition) is 3. The number of ether oxygens (including phenoxy) is 1. The van der Waals surface area contributed by atoms with Crippen LogP contribution < -0.4 is 15.4 Å². The Hall–Kier alpha value is -3.60. The van der Waals surface area contributed by atoms with Crippen LogP contribution in [0, 0.1) is 0 Å². The summed E-state index contributed by atoms with van der Waals surface area (Å²) in [6.45, 7) is 2.50. The van der Waals surface area contributed by atoms with Crippen LogP contribution in [0.1, 0.15) is 29.3 Å². The molecule has 5 heteroatoms. The third-order valence-electron chi connectivity index (χ3n) is 4.35. The van der Waals surface area contributed by atoms with Gasteiger partial charge in [0.15, 0.2) is 0 Å². The Balaban J connectivity index is 1.63. The van der Waals surface area contributed by atoms with Crippen molar-refractivity contribution in [2.75, 3.05) is 17.2 Å². The fraction of sp³-hybridized carbons (Fsp3) is 0.167. The molecule has 0 heterocycles. The predicted octanol–water partition coefficient (Wildman–Crippen LogP) is 4.91. The monoisotopic (exact) mass is 388 g/mol. The number of amides is 2. The van der Waals surface area contributed by atoms with E-state index < -0.39 is 0 Å². The molecule has 0 atom stereocenters. The van der Waals surface area contributed by atoms with Crippen molar-refractivity contribution in [1.29, 1.82) is 0 Å². The number of anilines is 2. The first-order valence-electron chi connectivity index (χ1n) is 9.62. The molecule has 2 amide bonds. The zero-order chi connectivity index (χ0) is 20.5. The van der Waals surface area contributed by atoms with Gasteiger partial charge in [-0.25, -0.2) is 0 Å². The van der Waals surface area contributed by atoms with Crippen molar-refractivity contribution in [1.82, 2.24) is 0 Å². The lowest BCUT2D eigenvalue weighted by atomic mass is 10.1. The van der Waals surface area contributed by atoms with Gasteiger partial charge < -0.3 is 15.4 Å². The third-order valence-corrected chi connectivity index (χ3v) is 4.35. The summed E-state index contributed by atoms with van der Waals surface area (Å²) in [5.41, 5.74) is 2.66. The Labute approximate surface area is 170 Å². The highest BCUT2D eigenvalue weighted by Crippen LogP contribution is 2.20. The van der Waals surface area contributed by atoms with Crippen LogP contribution in [-0.4, -0.2) is 18.4 Å². The summed E-state index contributed by atoms with van der Waals surface area (Å²) in [5.74, 6) is 0.333. The van der Waals surface area contributed by atoms with Crippen molar-refractivity contribution in [3.63, 3.8) is 0 Å². The molecule has 0 unspecified atom stereocenters. The van der Waals surface area contributed by atoms with Gasteiger partial charge in [-0.05, 0) is 55.3 Å². The molecule has 0 radical (unpaired) electrons. The zero-order valence-electron chi connectivity index (χ0n) is 16.4. The van der Waals surface area contributed by atoms with Crippen LogP contribution in [0.2, 0.25) is 0 Å². The second-order valence-corrected chi connectivity index (χ2v) is 6.49. The second kappa shape index (κ2) is 10.1. The topological polar surface area (TPSA) is 67.4 Å². The summed E-state index contributed by atoms with van der Waals surface area (Å²) in [5, 5.41) is 5.71. The maximum atomic E-state index is 12.7. The van der Waals surface area contributed by atoms with E-state index in [0.717, 1.165) is 11.3 Å². The molecule has 3 aromatic rings. The standard InChI is InChI=1S/C24H24N2O3/c1-2-29-20-15-13-19(14-16-20)25-24(28)21-10-6-7-11-22(21)26-23(27)17-12-18-8-4-3-5-9-18/h3-11,13-16H,2,12,17H2,1H3,(H,25,28)(H,26,27). The summed E-state index contributed by atoms with van der Waals surface area (Å²) in [7, 11) is 0. The molecule has 0 fully saturated rings. The number of rotatable bonds is 8. The van der Waals surface area contributed by atoms with Crippen molar-refractivity contribution in [3.8, 4) is 5.75 Å². The van der Waals surface area contributed by atoms with Crippen molar-refractivity contribution >= 4 is 23.2 Å². The van der Waals surface area contributed by atoms with Crippen molar-refractivity contribution in [2.24, 2.45) is 0 Å². The van der Waals surface area contributed by atoms with Gasteiger partial charge in [0.2, 0.25) is 5.91 Å². The molecule has 0 saturated carbocycles. The number of para-hydroxylation sites is 1. The van der Waals surface area contributed by atoms with Gasteiger partial charge in [-0.15, -0.1) is 0 Å². The van der Waals surface area contributed by atoms with Crippen LogP contribution in [0.15, 0.2) is 78.9 Å². The average Bonchev–Trinajstić information content (AvgIpc) is 2.75. The molecule has 0 aliphatic carbocycles. The minimum Gasteiger partial charge on any atom is -0.494 e. The lowest BCUT2D eigenvalue weighted by Crippen LogP contribution is -2.18. The van der Waals surface area contributed by atoms with E-state index in [1.54, 1.807) is 48.5 Å². The maximum absolute atomic E-state index is 12.7. The van der Waals surface area contributed by atoms with Crippen LogP contribution >= 0.6 is 0 Å². The van der Waals surface area contributed by atoms with Gasteiger partial charge in [-0.2, -0.15) is 0 Å². The van der Waals surface area contributed by atoms with Crippen LogP contribution in [0.25, 0.3) is 0 Å². The van der Waals surface area contributed by atoms with E-state index in [0.29, 0.717) is 36.4 Å². The summed E-state index contributed by atoms with van der Waals surface area (Å²) >= 11 is 0. The Kier molecular flexibility index (Phi) is 7.00. The zero-order valence-corrected chi connectivity index (χ0v) is 16.4. The quantitative estimate of drug-likeness (QED) is 0.576. The maximum Gasteiger partial charge on any atom is 0.257 e. The van der Waals surface area contributed by atoms with Crippen molar-refractivity contribution in [3.05, 3.63) is 90.0 Å². The number of nitrogens with one attached hydrogen (secondary N) is 2. The van der Waals surface area contributed by atoms with E-state index in [1.165, 1.54) is 0 Å². The lowest BCUT2D eigenvalue weighted by Gasteiger charge is -2.12. The molecule has 2 N–H and O–H groups in total. The summed E-state index contributed by atoms with van der Waals surface area (Å²) in [6, 6.07) is 24.0. The van der Waals surface area contributed by atoms with Crippen LogP contribution in [0.5, 0.6) is 5.75 Å². The number of hydrogen-bond donors (Lipinski definition) is 2. The first kappa shape index (κ1) is 20.1. The van der Waals surface area contributed by atoms with E-state index in [2.05, 4.69) is 10.6 Å². The molecule has 0 aliphatic heterocycles. The minimum atomic E-state index is -0.284. The van der Waals surface area contributed by atoms with Crippen molar-refractivity contribution < 1.29 is 14.3 Å². The Morgan fingerprint density at radius 3 is 2.24 bits per heavy atom. The summed E-state index contributed by atoms with van der Waals surface area (Å²) in [6.07, 6.45) is 0.992. The summed E-state index contributed by atoms with van der Waals surface area (Å²) in [4.78, 5) is 25.1. The predicted molar refractivity (Wildman–Crippen MR) is 115 cm³/mol. The number of benzene rings is 3. The highest BCUT2D eigenvalue weighted by Gasteiger charge is 2.13. The SMILES string of the molecule is CCOc1ccc(NC(=O)c2ccccc2NC(=O)CCc2ccccc2)cc1. The third kappa shape index (κ3) is 5.94. The van der Waals surface area contributed by atoms with Crippen LogP contribution in [0.3, 0.4) is 0 Å². The molecule has 3 aromatic carbocycles. The highest BCUT2D eigenvalue weighted by molar-refractivity contribution is 6.10. The smallest absolute Gasteiger partial charge is 0.257 e. The van der Waals surface area contributed by atoms with Gasteiger partial charge in [-0.1, -0.05) is 42.5 Å². The van der Waals surface area contributed by atoms with E-state index in [1.807, 2.05) is 37.3 Å². The molecule has 3 rings (SSSR count). The number of aryl methyl sites for hydroxylation is 1. The molecule has 29 heavy (non-hydrogen) atoms. The van der Waals surface area contributed by atoms with E-state index >= 15 is 0 Å². The molecular formula is C24H24N2O3. The number of carbonyl (C=O) groups is 2. The van der Waals surface area contributed by atoms with E-state index in [9.17, 15) is 9.59 Å². The minimum absolute atomic E-state index is 0.129. The Morgan fingerprint density at radius 1 is 0.828 bits per heavy atom. The van der Waals surface area contributed by atoms with Gasteiger partial charge >= 0.3 is 0 Å². The second-order valence-electron chi connectivity index (χ2n) is 6.49. The molecule has 0 aromatic heterocycles. The molecule has 0 spiro atoms. The molecule has 0 saturated heterocycles. The van der Waals surface area contributed by atoms with Crippen molar-refractivity contribution in [2.45, 2.75) is 19.8 Å². The normalized spacial score (nSPS) is 10.2. The van der Waals surface area contributed by atoms with Gasteiger partial charge in [0.25, 0.3) is 5.91 Å². The van der Waals surface area contributed by atoms with Crippen LogP contribution in [-0.2, 0) is 11.2 Å². The average molecular weight is 388 g/mol. The van der Waals surface area contributed by atoms with Gasteiger partial charge in [0, 0.05) is 12.1 Å². The highest BCUT2D eigenvalue weighted by atomic mass is 16.5. The fourth-order valence-corrected chi connectivity index (χ4v) is 2.90. The van der Waals surface area contributed by atoms with Crippen LogP contribution in [0.4, 0.5) is 11.4 Å². The molecular weight excluding hydrogens is 364 g/mol. The largest absolute Gasteiger partial charge is 0.494 e. The van der Waals surface area contributed by atoms with Gasteiger partial charge in [0.05, 0.1) is 17.9 Å². The van der Waals surface area contributed by atoms with E-state index in [-0.39, 0.29) is 11.8 Å². The molecule has 148 valence electrons. The van der Waals surface area contributed by atoms with Gasteiger partial charge in [0.1, 0.15) is 5.75 Å². The van der Waals surface area contributed by atoms with Gasteiger partial charge in [-0.3, -0.25) is 9.59 Å². The first-order valence-corrected chi connectivity index (χ1v) is 9.62. The Bertz CT molecular complexity index is 953. The Morgan fingerprint density at radius 2 is 1.52 bits per heavy atom. The van der Waals surface area contributed by atoms with E-state index in [4.69, 9.17) is 4.74 Å². The first-order chi connectivity index (χ1) is 14.2. The summed E-state index contributed by atoms with van der Waals surface area (Å²) < 4.78 is 5.41. The molecule has 5 nitrogen and oxygen atoms in total. The lowest BCUT2D eigenvalue weighted by molar-refractivity contribution is -0.116. The fourth-order valence-electron chi connectivity index (χ4n) is 2.90. The molecule has 0 bridgehead atoms.